The number of methoxy groups -OCH3 is 1. The molecule has 0 fully saturated rings. The van der Waals surface area contributed by atoms with Crippen LogP contribution in [0.5, 0.6) is 11.5 Å². The smallest absolute Gasteiger partial charge is 0.333 e. The monoisotopic (exact) mass is 1090 g/mol. The highest BCUT2D eigenvalue weighted by molar-refractivity contribution is 6.06. The van der Waals surface area contributed by atoms with Crippen molar-refractivity contribution < 1.29 is 52.4 Å². The fourth-order valence-corrected chi connectivity index (χ4v) is 7.58. The lowest BCUT2D eigenvalue weighted by molar-refractivity contribution is -0.139. The lowest BCUT2D eigenvalue weighted by Gasteiger charge is -2.07. The van der Waals surface area contributed by atoms with Gasteiger partial charge in [0, 0.05) is 28.4 Å². The Morgan fingerprint density at radius 3 is 1.03 bits per heavy atom. The summed E-state index contributed by atoms with van der Waals surface area (Å²) in [6, 6.07) is 22.7. The number of aryl methyl sites for hydroxylation is 1. The second-order valence-corrected chi connectivity index (χ2v) is 20.1. The topological polar surface area (TPSA) is 141 Å². The second kappa shape index (κ2) is 47.5. The van der Waals surface area contributed by atoms with Crippen LogP contribution in [0.1, 0.15) is 209 Å². The first-order valence-corrected chi connectivity index (χ1v) is 29.2. The van der Waals surface area contributed by atoms with Gasteiger partial charge in [-0.2, -0.15) is 0 Å². The van der Waals surface area contributed by atoms with Crippen LogP contribution < -0.4 is 9.47 Å². The Kier molecular flexibility index (Phi) is 42.4. The summed E-state index contributed by atoms with van der Waals surface area (Å²) in [5.41, 5.74) is 5.03. The Morgan fingerprint density at radius 2 is 0.709 bits per heavy atom. The first-order valence-electron chi connectivity index (χ1n) is 29.2. The molecule has 0 aliphatic rings. The van der Waals surface area contributed by atoms with Crippen LogP contribution in [0.4, 0.5) is 0 Å². The van der Waals surface area contributed by atoms with Crippen LogP contribution in [0.15, 0.2) is 121 Å². The number of unbranched alkanes of at least 4 members (excludes halogenated alkanes) is 21. The van der Waals surface area contributed by atoms with Gasteiger partial charge in [-0.05, 0) is 133 Å². The fourth-order valence-electron chi connectivity index (χ4n) is 7.58. The van der Waals surface area contributed by atoms with E-state index in [1.54, 1.807) is 32.9 Å². The lowest BCUT2D eigenvalue weighted by atomic mass is 10.0. The summed E-state index contributed by atoms with van der Waals surface area (Å²) in [4.78, 5) is 56.8. The number of carbonyl (C=O) groups excluding carboxylic acids is 5. The highest BCUT2D eigenvalue weighted by atomic mass is 16.5. The van der Waals surface area contributed by atoms with Gasteiger partial charge in [0.1, 0.15) is 11.5 Å². The Labute approximate surface area is 476 Å². The quantitative estimate of drug-likeness (QED) is 0.0176. The standard InChI is InChI=1S/C26H30O4.C22H42O2.C20H26O5/c1-20(2)26(28)30-19-7-5-4-6-18-29-24-15-10-22(11-16-24)12-17-25(27)23-13-8-21(3)9-14-23;1-4-5-6-7-8-9-10-11-12-13-14-15-16-17-18-19-20-24-22(23)21(2)3;1-16(2)20(22)25-15-7-5-4-6-14-24-18-11-8-17(9-12-18)10-13-19(21)23-3/h8-17H,1,4-7,18-19H2,2-3H3;2,4-20H2,1,3H3;8-13H,1,4-7,14-15H2,2-3H3/b17-12+;;13-10+. The SMILES string of the molecule is C=C(C)C(=O)OCCCCCCCCCCCCCCCCCC.C=C(C)C(=O)OCCCCCCOc1ccc(/C=C/C(=O)OC)cc1.C=C(C)C(=O)OCCCCCCOc1ccc(/C=C/C(=O)c2ccc(C)cc2)cc1. The predicted molar refractivity (Wildman–Crippen MR) is 323 cm³/mol. The number of esters is 4. The summed E-state index contributed by atoms with van der Waals surface area (Å²) < 4.78 is 31.1. The van der Waals surface area contributed by atoms with Crippen LogP contribution in [-0.2, 0) is 38.1 Å². The number of benzene rings is 3. The van der Waals surface area contributed by atoms with E-state index in [4.69, 9.17) is 23.7 Å². The Balaban J connectivity index is 0.000000598. The van der Waals surface area contributed by atoms with Gasteiger partial charge in [0.25, 0.3) is 0 Å². The first kappa shape index (κ1) is 70.5. The molecule has 79 heavy (non-hydrogen) atoms. The molecule has 0 saturated carbocycles. The number of hydrogen-bond acceptors (Lipinski definition) is 11. The molecule has 11 nitrogen and oxygen atoms in total. The van der Waals surface area contributed by atoms with Crippen molar-refractivity contribution >= 4 is 41.8 Å². The Bertz CT molecular complexity index is 2220. The zero-order valence-electron chi connectivity index (χ0n) is 49.4. The molecule has 3 rings (SSSR count). The van der Waals surface area contributed by atoms with Gasteiger partial charge in [0.15, 0.2) is 5.78 Å². The van der Waals surface area contributed by atoms with Crippen molar-refractivity contribution in [2.45, 2.75) is 189 Å². The maximum Gasteiger partial charge on any atom is 0.333 e. The minimum atomic E-state index is -0.380. The van der Waals surface area contributed by atoms with E-state index in [0.29, 0.717) is 55.3 Å². The number of ether oxygens (including phenoxy) is 6. The summed E-state index contributed by atoms with van der Waals surface area (Å²) in [6.07, 6.45) is 35.8. The fraction of sp³-hybridized carbons (Fsp3) is 0.515. The molecule has 0 aliphatic carbocycles. The van der Waals surface area contributed by atoms with E-state index in [1.165, 1.54) is 109 Å². The van der Waals surface area contributed by atoms with Crippen LogP contribution in [0, 0.1) is 6.92 Å². The molecule has 0 aliphatic heterocycles. The van der Waals surface area contributed by atoms with Gasteiger partial charge in [0.05, 0.1) is 40.1 Å². The second-order valence-electron chi connectivity index (χ2n) is 20.1. The van der Waals surface area contributed by atoms with Crippen molar-refractivity contribution in [3.8, 4) is 11.5 Å². The van der Waals surface area contributed by atoms with E-state index < -0.39 is 0 Å². The van der Waals surface area contributed by atoms with Crippen molar-refractivity contribution in [1.29, 1.82) is 0 Å². The predicted octanol–water partition coefficient (Wildman–Crippen LogP) is 17.2. The summed E-state index contributed by atoms with van der Waals surface area (Å²) >= 11 is 0. The third kappa shape index (κ3) is 40.4. The van der Waals surface area contributed by atoms with E-state index in [2.05, 4.69) is 31.4 Å². The van der Waals surface area contributed by atoms with Gasteiger partial charge in [-0.3, -0.25) is 4.79 Å². The summed E-state index contributed by atoms with van der Waals surface area (Å²) in [6.45, 7) is 22.6. The molecular weight excluding hydrogens is 993 g/mol. The Hall–Kier alpha value is -6.49. The molecule has 0 N–H and O–H groups in total. The van der Waals surface area contributed by atoms with Crippen molar-refractivity contribution in [2.24, 2.45) is 0 Å². The number of carbonyl (C=O) groups is 5. The summed E-state index contributed by atoms with van der Waals surface area (Å²) in [5.74, 6) is 0.317. The van der Waals surface area contributed by atoms with Crippen LogP contribution in [0.2, 0.25) is 0 Å². The molecular formula is C68H98O11. The van der Waals surface area contributed by atoms with E-state index in [0.717, 1.165) is 86.0 Å². The van der Waals surface area contributed by atoms with Crippen molar-refractivity contribution in [2.75, 3.05) is 40.1 Å². The lowest BCUT2D eigenvalue weighted by Crippen LogP contribution is -2.06. The molecule has 0 aromatic heterocycles. The van der Waals surface area contributed by atoms with Gasteiger partial charge in [-0.25, -0.2) is 19.2 Å². The number of hydrogen-bond donors (Lipinski definition) is 0. The van der Waals surface area contributed by atoms with Crippen molar-refractivity contribution in [3.63, 3.8) is 0 Å². The van der Waals surface area contributed by atoms with Crippen molar-refractivity contribution in [1.82, 2.24) is 0 Å². The molecule has 0 bridgehead atoms. The molecule has 436 valence electrons. The molecule has 11 heteroatoms. The third-order valence-corrected chi connectivity index (χ3v) is 12.5. The molecule has 3 aromatic rings. The van der Waals surface area contributed by atoms with E-state index in [-0.39, 0.29) is 29.7 Å². The van der Waals surface area contributed by atoms with E-state index >= 15 is 0 Å². The van der Waals surface area contributed by atoms with E-state index in [1.807, 2.05) is 85.8 Å². The molecule has 0 radical (unpaired) electrons. The van der Waals surface area contributed by atoms with Crippen LogP contribution >= 0.6 is 0 Å². The minimum absolute atomic E-state index is 0.00952. The first-order chi connectivity index (χ1) is 38.2. The normalized spacial score (nSPS) is 10.7. The molecule has 0 unspecified atom stereocenters. The Morgan fingerprint density at radius 1 is 0.405 bits per heavy atom. The average molecular weight is 1090 g/mol. The molecule has 3 aromatic carbocycles. The van der Waals surface area contributed by atoms with Crippen LogP contribution in [0.3, 0.4) is 0 Å². The molecule has 0 spiro atoms. The molecule has 0 saturated heterocycles. The number of rotatable bonds is 41. The van der Waals surface area contributed by atoms with Gasteiger partial charge in [0.2, 0.25) is 0 Å². The maximum absolute atomic E-state index is 12.2. The number of ketones is 1. The molecule has 0 heterocycles. The zero-order chi connectivity index (χ0) is 58.1. The summed E-state index contributed by atoms with van der Waals surface area (Å²) in [5, 5.41) is 0. The largest absolute Gasteiger partial charge is 0.494 e. The minimum Gasteiger partial charge on any atom is -0.494 e. The maximum atomic E-state index is 12.2. The number of allylic oxidation sites excluding steroid dienone is 1. The average Bonchev–Trinajstić information content (AvgIpc) is 3.44. The van der Waals surface area contributed by atoms with Crippen molar-refractivity contribution in [3.05, 3.63) is 144 Å². The summed E-state index contributed by atoms with van der Waals surface area (Å²) in [7, 11) is 1.35. The zero-order valence-corrected chi connectivity index (χ0v) is 49.4. The molecule has 0 atom stereocenters. The highest BCUT2D eigenvalue weighted by Gasteiger charge is 2.06. The highest BCUT2D eigenvalue weighted by Crippen LogP contribution is 2.18. The van der Waals surface area contributed by atoms with Gasteiger partial charge in [-0.15, -0.1) is 0 Å². The third-order valence-electron chi connectivity index (χ3n) is 12.5. The van der Waals surface area contributed by atoms with Gasteiger partial charge < -0.3 is 28.4 Å². The van der Waals surface area contributed by atoms with Crippen LogP contribution in [-0.4, -0.2) is 69.8 Å². The van der Waals surface area contributed by atoms with Crippen LogP contribution in [0.25, 0.3) is 12.2 Å². The van der Waals surface area contributed by atoms with Gasteiger partial charge >= 0.3 is 23.9 Å². The molecule has 0 amide bonds. The van der Waals surface area contributed by atoms with E-state index in [9.17, 15) is 24.0 Å². The van der Waals surface area contributed by atoms with Gasteiger partial charge in [-0.1, -0.05) is 183 Å².